The van der Waals surface area contributed by atoms with E-state index in [9.17, 15) is 4.39 Å². The fourth-order valence-corrected chi connectivity index (χ4v) is 2.09. The topological polar surface area (TPSA) is 9.23 Å². The van der Waals surface area contributed by atoms with Gasteiger partial charge in [-0.05, 0) is 19.3 Å². The summed E-state index contributed by atoms with van der Waals surface area (Å²) >= 11 is 0. The first-order chi connectivity index (χ1) is 8.91. The maximum absolute atomic E-state index is 11.8. The molecule has 0 aromatic rings. The van der Waals surface area contributed by atoms with Gasteiger partial charge >= 0.3 is 0 Å². The molecule has 0 fully saturated rings. The van der Waals surface area contributed by atoms with Gasteiger partial charge in [0, 0.05) is 13.2 Å². The fourth-order valence-electron chi connectivity index (χ4n) is 2.09. The quantitative estimate of drug-likeness (QED) is 0.344. The average molecular weight is 260 g/mol. The molecule has 0 atom stereocenters. The monoisotopic (exact) mass is 260 g/mol. The second-order valence-electron chi connectivity index (χ2n) is 5.19. The van der Waals surface area contributed by atoms with Gasteiger partial charge in [-0.1, -0.05) is 64.7 Å². The van der Waals surface area contributed by atoms with E-state index in [1.807, 2.05) is 0 Å². The van der Waals surface area contributed by atoms with Gasteiger partial charge in [-0.3, -0.25) is 4.39 Å². The molecule has 0 unspecified atom stereocenters. The number of halogens is 1. The zero-order valence-electron chi connectivity index (χ0n) is 12.4. The summed E-state index contributed by atoms with van der Waals surface area (Å²) in [6.07, 6.45) is 14.8. The largest absolute Gasteiger partial charge is 0.381 e. The second kappa shape index (κ2) is 16.9. The summed E-state index contributed by atoms with van der Waals surface area (Å²) in [6.45, 7) is 3.87. The highest BCUT2D eigenvalue weighted by Gasteiger charge is 1.93. The van der Waals surface area contributed by atoms with Gasteiger partial charge in [-0.15, -0.1) is 0 Å². The van der Waals surface area contributed by atoms with Crippen molar-refractivity contribution >= 4 is 0 Å². The van der Waals surface area contributed by atoms with Gasteiger partial charge in [0.05, 0.1) is 6.67 Å². The molecule has 0 amide bonds. The molecular weight excluding hydrogens is 227 g/mol. The maximum Gasteiger partial charge on any atom is 0.0894 e. The van der Waals surface area contributed by atoms with Crippen molar-refractivity contribution in [2.75, 3.05) is 19.9 Å². The van der Waals surface area contributed by atoms with Gasteiger partial charge in [0.15, 0.2) is 0 Å². The van der Waals surface area contributed by atoms with Crippen LogP contribution in [0.2, 0.25) is 0 Å². The van der Waals surface area contributed by atoms with Crippen LogP contribution in [0.25, 0.3) is 0 Å². The van der Waals surface area contributed by atoms with Crippen LogP contribution in [0.15, 0.2) is 0 Å². The lowest BCUT2D eigenvalue weighted by Gasteiger charge is -2.04. The van der Waals surface area contributed by atoms with E-state index in [1.165, 1.54) is 51.4 Å². The Bertz CT molecular complexity index is 123. The summed E-state index contributed by atoms with van der Waals surface area (Å²) in [6, 6.07) is 0. The molecule has 0 saturated heterocycles. The van der Waals surface area contributed by atoms with Crippen LogP contribution in [0.1, 0.15) is 84.0 Å². The Balaban J connectivity index is 2.86. The van der Waals surface area contributed by atoms with E-state index in [1.54, 1.807) is 0 Å². The van der Waals surface area contributed by atoms with Crippen LogP contribution in [0.3, 0.4) is 0 Å². The average Bonchev–Trinajstić information content (AvgIpc) is 2.39. The van der Waals surface area contributed by atoms with E-state index in [0.717, 1.165) is 38.9 Å². The number of hydrogen-bond donors (Lipinski definition) is 0. The van der Waals surface area contributed by atoms with Crippen LogP contribution >= 0.6 is 0 Å². The normalized spacial score (nSPS) is 11.0. The van der Waals surface area contributed by atoms with Crippen molar-refractivity contribution in [2.45, 2.75) is 84.0 Å². The Kier molecular flexibility index (Phi) is 16.8. The van der Waals surface area contributed by atoms with Crippen LogP contribution in [0.5, 0.6) is 0 Å². The van der Waals surface area contributed by atoms with Gasteiger partial charge in [-0.2, -0.15) is 0 Å². The van der Waals surface area contributed by atoms with E-state index < -0.39 is 0 Å². The number of rotatable bonds is 15. The maximum atomic E-state index is 11.8. The van der Waals surface area contributed by atoms with E-state index in [4.69, 9.17) is 4.74 Å². The predicted octanol–water partition coefficient (Wildman–Crippen LogP) is 5.67. The third-order valence-electron chi connectivity index (χ3n) is 3.31. The van der Waals surface area contributed by atoms with Gasteiger partial charge in [0.25, 0.3) is 0 Å². The van der Waals surface area contributed by atoms with Crippen LogP contribution in [-0.2, 0) is 4.74 Å². The molecule has 0 aliphatic heterocycles. The molecule has 1 nitrogen and oxygen atoms in total. The number of ether oxygens (including phenoxy) is 1. The van der Waals surface area contributed by atoms with E-state index >= 15 is 0 Å². The van der Waals surface area contributed by atoms with Gasteiger partial charge in [0.2, 0.25) is 0 Å². The first-order valence-electron chi connectivity index (χ1n) is 8.05. The molecular formula is C16H33FO. The molecule has 0 aliphatic carbocycles. The van der Waals surface area contributed by atoms with Crippen molar-refractivity contribution < 1.29 is 9.13 Å². The zero-order valence-corrected chi connectivity index (χ0v) is 12.4. The molecule has 0 aromatic carbocycles. The van der Waals surface area contributed by atoms with E-state index in [2.05, 4.69) is 6.92 Å². The molecule has 0 rings (SSSR count). The molecule has 18 heavy (non-hydrogen) atoms. The standard InChI is InChI=1S/C16H33FO/c1-2-3-4-5-6-7-9-12-15-18-16-13-10-8-11-14-17/h2-16H2,1H3. The van der Waals surface area contributed by atoms with Crippen LogP contribution < -0.4 is 0 Å². The van der Waals surface area contributed by atoms with Gasteiger partial charge < -0.3 is 4.74 Å². The molecule has 110 valence electrons. The lowest BCUT2D eigenvalue weighted by molar-refractivity contribution is 0.125. The Labute approximate surface area is 113 Å². The predicted molar refractivity (Wildman–Crippen MR) is 77.9 cm³/mol. The van der Waals surface area contributed by atoms with E-state index in [0.29, 0.717) is 0 Å². The molecule has 0 saturated carbocycles. The molecule has 0 aromatic heterocycles. The molecule has 0 N–H and O–H groups in total. The van der Waals surface area contributed by atoms with Crippen molar-refractivity contribution in [3.05, 3.63) is 0 Å². The highest BCUT2D eigenvalue weighted by molar-refractivity contribution is 4.46. The van der Waals surface area contributed by atoms with Crippen molar-refractivity contribution in [3.63, 3.8) is 0 Å². The first-order valence-corrected chi connectivity index (χ1v) is 8.05. The summed E-state index contributed by atoms with van der Waals surface area (Å²) in [7, 11) is 0. The molecule has 0 aliphatic rings. The molecule has 0 spiro atoms. The Morgan fingerprint density at radius 3 is 1.56 bits per heavy atom. The minimum atomic E-state index is -0.168. The zero-order chi connectivity index (χ0) is 13.3. The lowest BCUT2D eigenvalue weighted by atomic mass is 10.1. The lowest BCUT2D eigenvalue weighted by Crippen LogP contribution is -1.97. The Hall–Kier alpha value is -0.110. The third-order valence-corrected chi connectivity index (χ3v) is 3.31. The Morgan fingerprint density at radius 2 is 1.06 bits per heavy atom. The summed E-state index contributed by atoms with van der Waals surface area (Å²) in [4.78, 5) is 0. The van der Waals surface area contributed by atoms with Crippen LogP contribution in [-0.4, -0.2) is 19.9 Å². The molecule has 0 bridgehead atoms. The Morgan fingerprint density at radius 1 is 0.611 bits per heavy atom. The highest BCUT2D eigenvalue weighted by atomic mass is 19.1. The van der Waals surface area contributed by atoms with Gasteiger partial charge in [-0.25, -0.2) is 0 Å². The number of hydrogen-bond acceptors (Lipinski definition) is 1. The summed E-state index contributed by atoms with van der Waals surface area (Å²) in [5.41, 5.74) is 0. The third kappa shape index (κ3) is 15.9. The van der Waals surface area contributed by atoms with Crippen molar-refractivity contribution in [1.82, 2.24) is 0 Å². The fraction of sp³-hybridized carbons (Fsp3) is 1.00. The summed E-state index contributed by atoms with van der Waals surface area (Å²) in [5.74, 6) is 0. The van der Waals surface area contributed by atoms with Gasteiger partial charge in [0.1, 0.15) is 0 Å². The van der Waals surface area contributed by atoms with E-state index in [-0.39, 0.29) is 6.67 Å². The number of unbranched alkanes of at least 4 members (excludes halogenated alkanes) is 10. The van der Waals surface area contributed by atoms with Crippen LogP contribution in [0, 0.1) is 0 Å². The second-order valence-corrected chi connectivity index (χ2v) is 5.19. The SMILES string of the molecule is CCCCCCCCCCOCCCCCCF. The van der Waals surface area contributed by atoms with Crippen LogP contribution in [0.4, 0.5) is 4.39 Å². The first kappa shape index (κ1) is 17.9. The summed E-state index contributed by atoms with van der Waals surface area (Å²) in [5, 5.41) is 0. The molecule has 0 radical (unpaired) electrons. The molecule has 2 heteroatoms. The minimum Gasteiger partial charge on any atom is -0.381 e. The van der Waals surface area contributed by atoms with Crippen molar-refractivity contribution in [3.8, 4) is 0 Å². The summed E-state index contributed by atoms with van der Waals surface area (Å²) < 4.78 is 17.4. The van der Waals surface area contributed by atoms with Crippen molar-refractivity contribution in [1.29, 1.82) is 0 Å². The molecule has 0 heterocycles. The van der Waals surface area contributed by atoms with Crippen molar-refractivity contribution in [2.24, 2.45) is 0 Å². The highest BCUT2D eigenvalue weighted by Crippen LogP contribution is 2.08. The minimum absolute atomic E-state index is 0.168. The number of alkyl halides is 1. The smallest absolute Gasteiger partial charge is 0.0894 e.